The van der Waals surface area contributed by atoms with Crippen LogP contribution in [0, 0.1) is 11.3 Å². The first-order valence-corrected chi connectivity index (χ1v) is 9.17. The molecule has 0 radical (unpaired) electrons. The highest BCUT2D eigenvalue weighted by atomic mass is 32.2. The van der Waals surface area contributed by atoms with Crippen LogP contribution in [0.4, 0.5) is 0 Å². The van der Waals surface area contributed by atoms with Gasteiger partial charge in [0.05, 0.1) is 18.9 Å². The van der Waals surface area contributed by atoms with Crippen LogP contribution in [0.25, 0.3) is 5.69 Å². The second kappa shape index (κ2) is 7.62. The van der Waals surface area contributed by atoms with Gasteiger partial charge < -0.3 is 10.1 Å². The van der Waals surface area contributed by atoms with Crippen molar-refractivity contribution >= 4 is 17.7 Å². The van der Waals surface area contributed by atoms with Crippen LogP contribution in [0.5, 0.6) is 5.75 Å². The van der Waals surface area contributed by atoms with E-state index in [1.54, 1.807) is 13.3 Å². The number of nitrogens with zero attached hydrogens (tertiary/aromatic N) is 3. The predicted molar refractivity (Wildman–Crippen MR) is 95.8 cm³/mol. The zero-order valence-electron chi connectivity index (χ0n) is 14.1. The van der Waals surface area contributed by atoms with Crippen LogP contribution in [0.1, 0.15) is 25.7 Å². The molecule has 1 aromatic heterocycles. The van der Waals surface area contributed by atoms with Crippen molar-refractivity contribution in [2.24, 2.45) is 0 Å². The molecule has 2 aromatic rings. The molecule has 0 bridgehead atoms. The van der Waals surface area contributed by atoms with E-state index in [0.717, 1.165) is 42.3 Å². The van der Waals surface area contributed by atoms with Gasteiger partial charge in [0, 0.05) is 18.1 Å². The van der Waals surface area contributed by atoms with Crippen molar-refractivity contribution in [1.29, 1.82) is 5.26 Å². The maximum Gasteiger partial charge on any atom is 0.231 e. The number of amides is 1. The summed E-state index contributed by atoms with van der Waals surface area (Å²) in [5.41, 5.74) is 0.272. The quantitative estimate of drug-likeness (QED) is 0.805. The van der Waals surface area contributed by atoms with E-state index in [1.165, 1.54) is 11.8 Å². The van der Waals surface area contributed by atoms with Crippen LogP contribution in [0.3, 0.4) is 0 Å². The Bertz CT molecular complexity index is 773. The molecule has 0 atom stereocenters. The average molecular weight is 356 g/mol. The zero-order chi connectivity index (χ0) is 17.7. The van der Waals surface area contributed by atoms with Gasteiger partial charge in [0.15, 0.2) is 5.16 Å². The minimum atomic E-state index is -0.678. The van der Waals surface area contributed by atoms with Crippen LogP contribution < -0.4 is 10.1 Å². The van der Waals surface area contributed by atoms with E-state index in [2.05, 4.69) is 16.4 Å². The highest BCUT2D eigenvalue weighted by molar-refractivity contribution is 7.99. The summed E-state index contributed by atoms with van der Waals surface area (Å²) in [5.74, 6) is 0.893. The van der Waals surface area contributed by atoms with Crippen molar-refractivity contribution in [3.63, 3.8) is 0 Å². The molecule has 0 spiro atoms. The molecule has 7 heteroatoms. The number of rotatable bonds is 6. The maximum absolute atomic E-state index is 12.3. The van der Waals surface area contributed by atoms with E-state index >= 15 is 0 Å². The lowest BCUT2D eigenvalue weighted by atomic mass is 10.0. The first-order valence-electron chi connectivity index (χ1n) is 8.19. The summed E-state index contributed by atoms with van der Waals surface area (Å²) >= 11 is 1.36. The number of aromatic nitrogens is 2. The summed E-state index contributed by atoms with van der Waals surface area (Å²) in [6.45, 7) is 0. The molecule has 6 nitrogen and oxygen atoms in total. The first kappa shape index (κ1) is 17.4. The number of nitrogens with one attached hydrogen (secondary N) is 1. The number of hydrogen-bond donors (Lipinski definition) is 1. The van der Waals surface area contributed by atoms with Crippen molar-refractivity contribution in [2.75, 3.05) is 12.9 Å². The van der Waals surface area contributed by atoms with Crippen molar-refractivity contribution in [3.05, 3.63) is 36.7 Å². The fraction of sp³-hybridized carbons (Fsp3) is 0.389. The molecular weight excluding hydrogens is 336 g/mol. The molecule has 1 aliphatic rings. The number of imidazole rings is 1. The minimum Gasteiger partial charge on any atom is -0.497 e. The third-order valence-corrected chi connectivity index (χ3v) is 5.31. The summed E-state index contributed by atoms with van der Waals surface area (Å²) in [7, 11) is 1.63. The van der Waals surface area contributed by atoms with E-state index in [1.807, 2.05) is 35.0 Å². The molecule has 0 saturated heterocycles. The second-order valence-corrected chi connectivity index (χ2v) is 6.96. The Morgan fingerprint density at radius 2 is 2.12 bits per heavy atom. The monoisotopic (exact) mass is 356 g/mol. The molecule has 1 saturated carbocycles. The SMILES string of the molecule is COc1ccc(-n2ccnc2SCC(=O)NC2(C#N)CCCC2)cc1. The summed E-state index contributed by atoms with van der Waals surface area (Å²) in [4.78, 5) is 16.6. The molecule has 3 rings (SSSR count). The number of carbonyl (C=O) groups excluding carboxylic acids is 1. The predicted octanol–water partition coefficient (Wildman–Crippen LogP) is 2.93. The average Bonchev–Trinajstić information content (AvgIpc) is 3.30. The highest BCUT2D eigenvalue weighted by Gasteiger charge is 2.35. The number of carbonyl (C=O) groups is 1. The fourth-order valence-electron chi connectivity index (χ4n) is 3.01. The molecule has 1 N–H and O–H groups in total. The lowest BCUT2D eigenvalue weighted by Gasteiger charge is -2.21. The third kappa shape index (κ3) is 3.97. The standard InChI is InChI=1S/C18H20N4O2S/c1-24-15-6-4-14(5-7-15)22-11-10-20-17(22)25-12-16(23)21-18(13-19)8-2-3-9-18/h4-7,10-11H,2-3,8-9,12H2,1H3,(H,21,23). The van der Waals surface area contributed by atoms with Gasteiger partial charge >= 0.3 is 0 Å². The van der Waals surface area contributed by atoms with Gasteiger partial charge in [-0.15, -0.1) is 0 Å². The topological polar surface area (TPSA) is 79.9 Å². The third-order valence-electron chi connectivity index (χ3n) is 4.34. The molecule has 1 heterocycles. The van der Waals surface area contributed by atoms with Gasteiger partial charge in [-0.05, 0) is 49.9 Å². The van der Waals surface area contributed by atoms with Crippen molar-refractivity contribution in [1.82, 2.24) is 14.9 Å². The number of thioether (sulfide) groups is 1. The van der Waals surface area contributed by atoms with Gasteiger partial charge in [-0.2, -0.15) is 5.26 Å². The van der Waals surface area contributed by atoms with Crippen molar-refractivity contribution in [3.8, 4) is 17.5 Å². The molecular formula is C18H20N4O2S. The molecule has 130 valence electrons. The van der Waals surface area contributed by atoms with E-state index in [4.69, 9.17) is 4.74 Å². The number of hydrogen-bond acceptors (Lipinski definition) is 5. The van der Waals surface area contributed by atoms with Gasteiger partial charge in [-0.25, -0.2) is 4.98 Å². The Labute approximate surface area is 151 Å². The smallest absolute Gasteiger partial charge is 0.231 e. The highest BCUT2D eigenvalue weighted by Crippen LogP contribution is 2.29. The van der Waals surface area contributed by atoms with Gasteiger partial charge in [0.1, 0.15) is 11.3 Å². The molecule has 0 unspecified atom stereocenters. The number of nitriles is 1. The lowest BCUT2D eigenvalue weighted by Crippen LogP contribution is -2.45. The Hall–Kier alpha value is -2.46. The van der Waals surface area contributed by atoms with E-state index < -0.39 is 5.54 Å². The Morgan fingerprint density at radius 3 is 2.76 bits per heavy atom. The number of methoxy groups -OCH3 is 1. The first-order chi connectivity index (χ1) is 12.2. The van der Waals surface area contributed by atoms with Crippen LogP contribution >= 0.6 is 11.8 Å². The summed E-state index contributed by atoms with van der Waals surface area (Å²) < 4.78 is 7.09. The molecule has 25 heavy (non-hydrogen) atoms. The lowest BCUT2D eigenvalue weighted by molar-refractivity contribution is -0.119. The van der Waals surface area contributed by atoms with Gasteiger partial charge in [-0.3, -0.25) is 9.36 Å². The van der Waals surface area contributed by atoms with Crippen LogP contribution in [0.2, 0.25) is 0 Å². The second-order valence-electron chi connectivity index (χ2n) is 6.02. The molecule has 1 fully saturated rings. The van der Waals surface area contributed by atoms with Crippen molar-refractivity contribution in [2.45, 2.75) is 36.4 Å². The maximum atomic E-state index is 12.3. The van der Waals surface area contributed by atoms with Gasteiger partial charge in [0.25, 0.3) is 0 Å². The number of ether oxygens (including phenoxy) is 1. The molecule has 1 aliphatic carbocycles. The summed E-state index contributed by atoms with van der Waals surface area (Å²) in [5, 5.41) is 13.0. The van der Waals surface area contributed by atoms with E-state index in [-0.39, 0.29) is 11.7 Å². The van der Waals surface area contributed by atoms with E-state index in [9.17, 15) is 10.1 Å². The Morgan fingerprint density at radius 1 is 1.40 bits per heavy atom. The Kier molecular flexibility index (Phi) is 5.29. The largest absolute Gasteiger partial charge is 0.497 e. The van der Waals surface area contributed by atoms with Crippen LogP contribution in [-0.2, 0) is 4.79 Å². The fourth-order valence-corrected chi connectivity index (χ4v) is 3.79. The number of benzene rings is 1. The van der Waals surface area contributed by atoms with Crippen LogP contribution in [0.15, 0.2) is 41.8 Å². The summed E-state index contributed by atoms with van der Waals surface area (Å²) in [6, 6.07) is 9.92. The molecule has 1 amide bonds. The van der Waals surface area contributed by atoms with Gasteiger partial charge in [-0.1, -0.05) is 11.8 Å². The summed E-state index contributed by atoms with van der Waals surface area (Å²) in [6.07, 6.45) is 7.01. The minimum absolute atomic E-state index is 0.127. The van der Waals surface area contributed by atoms with E-state index in [0.29, 0.717) is 0 Å². The van der Waals surface area contributed by atoms with Gasteiger partial charge in [0.2, 0.25) is 5.91 Å². The molecule has 0 aliphatic heterocycles. The molecule has 1 aromatic carbocycles. The zero-order valence-corrected chi connectivity index (χ0v) is 14.9. The normalized spacial score (nSPS) is 15.5. The van der Waals surface area contributed by atoms with Crippen molar-refractivity contribution < 1.29 is 9.53 Å². The van der Waals surface area contributed by atoms with Crippen LogP contribution in [-0.4, -0.2) is 33.9 Å². The Balaban J connectivity index is 1.63.